The van der Waals surface area contributed by atoms with Gasteiger partial charge in [-0.15, -0.1) is 0 Å². The molecular formula is C8H11F3N2S. The molecule has 1 saturated heterocycles. The zero-order valence-electron chi connectivity index (χ0n) is 7.52. The molecule has 1 aliphatic heterocycles. The highest BCUT2D eigenvalue weighted by molar-refractivity contribution is 7.99. The molecule has 0 aliphatic carbocycles. The van der Waals surface area contributed by atoms with Gasteiger partial charge < -0.3 is 0 Å². The van der Waals surface area contributed by atoms with Gasteiger partial charge in [0.15, 0.2) is 0 Å². The van der Waals surface area contributed by atoms with Crippen LogP contribution in [-0.2, 0) is 0 Å². The van der Waals surface area contributed by atoms with Gasteiger partial charge in [0.25, 0.3) is 0 Å². The van der Waals surface area contributed by atoms with E-state index in [4.69, 9.17) is 5.26 Å². The lowest BCUT2D eigenvalue weighted by Crippen LogP contribution is -2.50. The van der Waals surface area contributed by atoms with Crippen molar-refractivity contribution >= 4 is 11.8 Å². The van der Waals surface area contributed by atoms with Crippen LogP contribution in [0.15, 0.2) is 0 Å². The number of nitrogens with zero attached hydrogens (tertiary/aromatic N) is 1. The molecule has 0 spiro atoms. The molecule has 0 aromatic rings. The largest absolute Gasteiger partial charge is 0.401 e. The van der Waals surface area contributed by atoms with E-state index < -0.39 is 18.3 Å². The molecule has 0 unspecified atom stereocenters. The summed E-state index contributed by atoms with van der Waals surface area (Å²) in [5.41, 5.74) is -0.958. The van der Waals surface area contributed by atoms with E-state index in [1.165, 1.54) is 0 Å². The molecule has 1 fully saturated rings. The number of hydrogen-bond acceptors (Lipinski definition) is 3. The van der Waals surface area contributed by atoms with Crippen molar-refractivity contribution in [3.8, 4) is 6.07 Å². The van der Waals surface area contributed by atoms with E-state index in [2.05, 4.69) is 5.32 Å². The third kappa shape index (κ3) is 3.39. The minimum Gasteiger partial charge on any atom is -0.291 e. The third-order valence-corrected chi connectivity index (χ3v) is 3.17. The van der Waals surface area contributed by atoms with Gasteiger partial charge in [-0.25, -0.2) is 0 Å². The van der Waals surface area contributed by atoms with Gasteiger partial charge in [-0.2, -0.15) is 30.2 Å². The molecule has 0 saturated carbocycles. The minimum atomic E-state index is -4.24. The molecule has 6 heteroatoms. The molecule has 0 bridgehead atoms. The molecule has 1 N–H and O–H groups in total. The van der Waals surface area contributed by atoms with Crippen LogP contribution in [0.3, 0.4) is 0 Å². The van der Waals surface area contributed by atoms with Gasteiger partial charge in [0.05, 0.1) is 12.6 Å². The van der Waals surface area contributed by atoms with Gasteiger partial charge in [0.2, 0.25) is 0 Å². The Morgan fingerprint density at radius 3 is 2.36 bits per heavy atom. The van der Waals surface area contributed by atoms with Crippen molar-refractivity contribution in [1.29, 1.82) is 5.26 Å². The second-order valence-electron chi connectivity index (χ2n) is 3.28. The van der Waals surface area contributed by atoms with Crippen LogP contribution in [0, 0.1) is 11.3 Å². The second-order valence-corrected chi connectivity index (χ2v) is 4.50. The lowest BCUT2D eigenvalue weighted by molar-refractivity contribution is -0.127. The smallest absolute Gasteiger partial charge is 0.291 e. The minimum absolute atomic E-state index is 0.490. The molecule has 0 atom stereocenters. The Labute approximate surface area is 84.9 Å². The molecule has 0 radical (unpaired) electrons. The second kappa shape index (κ2) is 4.41. The van der Waals surface area contributed by atoms with E-state index in [9.17, 15) is 13.2 Å². The zero-order valence-corrected chi connectivity index (χ0v) is 8.34. The van der Waals surface area contributed by atoms with E-state index in [-0.39, 0.29) is 0 Å². The van der Waals surface area contributed by atoms with Gasteiger partial charge in [-0.05, 0) is 24.3 Å². The summed E-state index contributed by atoms with van der Waals surface area (Å²) in [6.45, 7) is -1.08. The van der Waals surface area contributed by atoms with Crippen LogP contribution >= 0.6 is 11.8 Å². The highest BCUT2D eigenvalue weighted by atomic mass is 32.2. The topological polar surface area (TPSA) is 35.8 Å². The number of nitriles is 1. The highest BCUT2D eigenvalue weighted by Crippen LogP contribution is 2.27. The summed E-state index contributed by atoms with van der Waals surface area (Å²) in [4.78, 5) is 0. The molecule has 2 nitrogen and oxygen atoms in total. The molecule has 1 rings (SSSR count). The number of hydrogen-bond donors (Lipinski definition) is 1. The Balaban J connectivity index is 2.50. The summed E-state index contributed by atoms with van der Waals surface area (Å²) in [6, 6.07) is 1.97. The monoisotopic (exact) mass is 224 g/mol. The normalized spacial score (nSPS) is 21.6. The van der Waals surface area contributed by atoms with Crippen LogP contribution < -0.4 is 5.32 Å². The van der Waals surface area contributed by atoms with Crippen LogP contribution in [0.5, 0.6) is 0 Å². The van der Waals surface area contributed by atoms with E-state index in [0.29, 0.717) is 12.8 Å². The van der Waals surface area contributed by atoms with Crippen molar-refractivity contribution in [2.75, 3.05) is 18.1 Å². The molecule has 0 aromatic carbocycles. The summed E-state index contributed by atoms with van der Waals surface area (Å²) < 4.78 is 35.8. The SMILES string of the molecule is N#CC1(NCC(F)(F)F)CCSCC1. The first-order valence-corrected chi connectivity index (χ1v) is 5.44. The predicted octanol–water partition coefficient (Wildman–Crippen LogP) is 1.93. The van der Waals surface area contributed by atoms with Crippen molar-refractivity contribution in [3.63, 3.8) is 0 Å². The Morgan fingerprint density at radius 1 is 1.36 bits per heavy atom. The van der Waals surface area contributed by atoms with E-state index in [0.717, 1.165) is 11.5 Å². The number of halogens is 3. The van der Waals surface area contributed by atoms with Gasteiger partial charge in [0, 0.05) is 0 Å². The van der Waals surface area contributed by atoms with Crippen molar-refractivity contribution in [2.24, 2.45) is 0 Å². The fourth-order valence-corrected chi connectivity index (χ4v) is 2.51. The maximum absolute atomic E-state index is 11.9. The first-order valence-electron chi connectivity index (χ1n) is 4.28. The van der Waals surface area contributed by atoms with Crippen LogP contribution in [0.4, 0.5) is 13.2 Å². The third-order valence-electron chi connectivity index (χ3n) is 2.19. The van der Waals surface area contributed by atoms with E-state index >= 15 is 0 Å². The van der Waals surface area contributed by atoms with Crippen LogP contribution in [0.1, 0.15) is 12.8 Å². The Hall–Kier alpha value is -0.410. The highest BCUT2D eigenvalue weighted by Gasteiger charge is 2.36. The number of alkyl halides is 3. The summed E-state index contributed by atoms with van der Waals surface area (Å²) in [7, 11) is 0. The van der Waals surface area contributed by atoms with Crippen LogP contribution in [0.2, 0.25) is 0 Å². The van der Waals surface area contributed by atoms with Crippen molar-refractivity contribution in [2.45, 2.75) is 24.6 Å². The zero-order chi connectivity index (χ0) is 10.7. The number of thioether (sulfide) groups is 1. The summed E-state index contributed by atoms with van der Waals surface area (Å²) in [5, 5.41) is 11.2. The Morgan fingerprint density at radius 2 is 1.93 bits per heavy atom. The molecule has 0 amide bonds. The number of rotatable bonds is 2. The van der Waals surface area contributed by atoms with Crippen LogP contribution in [0.25, 0.3) is 0 Å². The van der Waals surface area contributed by atoms with Crippen LogP contribution in [-0.4, -0.2) is 29.8 Å². The maximum atomic E-state index is 11.9. The molecular weight excluding hydrogens is 213 g/mol. The van der Waals surface area contributed by atoms with Crippen molar-refractivity contribution in [3.05, 3.63) is 0 Å². The van der Waals surface area contributed by atoms with E-state index in [1.807, 2.05) is 6.07 Å². The maximum Gasteiger partial charge on any atom is 0.401 e. The van der Waals surface area contributed by atoms with Gasteiger partial charge in [-0.1, -0.05) is 0 Å². The lowest BCUT2D eigenvalue weighted by atomic mass is 9.94. The molecule has 0 aromatic heterocycles. The predicted molar refractivity (Wildman–Crippen MR) is 49.0 cm³/mol. The average Bonchev–Trinajstić information content (AvgIpc) is 2.15. The van der Waals surface area contributed by atoms with Gasteiger partial charge >= 0.3 is 6.18 Å². The standard InChI is InChI=1S/C8H11F3N2S/c9-8(10,11)6-13-7(5-12)1-3-14-4-2-7/h13H,1-4,6H2. The van der Waals surface area contributed by atoms with E-state index in [1.54, 1.807) is 11.8 Å². The first kappa shape index (κ1) is 11.7. The number of nitrogens with one attached hydrogen (secondary N) is 1. The first-order chi connectivity index (χ1) is 6.47. The molecule has 14 heavy (non-hydrogen) atoms. The molecule has 80 valence electrons. The fraction of sp³-hybridized carbons (Fsp3) is 0.875. The van der Waals surface area contributed by atoms with Gasteiger partial charge in [-0.3, -0.25) is 5.32 Å². The molecule has 1 aliphatic rings. The average molecular weight is 224 g/mol. The summed E-state index contributed by atoms with van der Waals surface area (Å²) in [6.07, 6.45) is -3.26. The van der Waals surface area contributed by atoms with Gasteiger partial charge in [0.1, 0.15) is 5.54 Å². The fourth-order valence-electron chi connectivity index (χ4n) is 1.32. The molecule has 1 heterocycles. The lowest BCUT2D eigenvalue weighted by Gasteiger charge is -2.31. The van der Waals surface area contributed by atoms with Crippen molar-refractivity contribution < 1.29 is 13.2 Å². The van der Waals surface area contributed by atoms with Crippen molar-refractivity contribution in [1.82, 2.24) is 5.32 Å². The summed E-state index contributed by atoms with van der Waals surface area (Å²) >= 11 is 1.67. The Kier molecular flexibility index (Phi) is 3.67. The summed E-state index contributed by atoms with van der Waals surface area (Å²) in [5.74, 6) is 1.50. The Bertz CT molecular complexity index is 228. The quantitative estimate of drug-likeness (QED) is 0.778.